The van der Waals surface area contributed by atoms with Crippen LogP contribution < -0.4 is 0 Å². The molecule has 1 atom stereocenters. The largest absolute Gasteiger partial charge is 0.315 e. The predicted octanol–water partition coefficient (Wildman–Crippen LogP) is 8.98. The van der Waals surface area contributed by atoms with Gasteiger partial charge in [0.25, 0.3) is 0 Å². The Morgan fingerprint density at radius 1 is 0.833 bits per heavy atom. The summed E-state index contributed by atoms with van der Waals surface area (Å²) in [7, 11) is -2.86. The van der Waals surface area contributed by atoms with E-state index in [0.717, 1.165) is 55.2 Å². The second-order valence-corrected chi connectivity index (χ2v) is 12.9. The van der Waals surface area contributed by atoms with Crippen LogP contribution in [-0.4, -0.2) is 17.3 Å². The van der Waals surface area contributed by atoms with Crippen molar-refractivity contribution in [1.82, 2.24) is 0 Å². The van der Waals surface area contributed by atoms with E-state index < -0.39 is 7.14 Å². The number of carbonyl (C=O) groups is 1. The maximum absolute atomic E-state index is 14.2. The van der Waals surface area contributed by atoms with Crippen molar-refractivity contribution in [3.8, 4) is 0 Å². The van der Waals surface area contributed by atoms with E-state index in [4.69, 9.17) is 0 Å². The SMILES string of the molecule is CCCCCCCCCCCCP(=O)(C(=O)c1c(C)cc(C)cc1C)C1CCCC1. The molecule has 0 aliphatic heterocycles. The minimum Gasteiger partial charge on any atom is -0.315 e. The Morgan fingerprint density at radius 3 is 1.80 bits per heavy atom. The average Bonchev–Trinajstić information content (AvgIpc) is 3.24. The lowest BCUT2D eigenvalue weighted by molar-refractivity contribution is 0.107. The molecule has 0 heterocycles. The van der Waals surface area contributed by atoms with Gasteiger partial charge in [-0.15, -0.1) is 0 Å². The third-order valence-electron chi connectivity index (χ3n) is 6.99. The summed E-state index contributed by atoms with van der Waals surface area (Å²) in [6, 6.07) is 4.14. The van der Waals surface area contributed by atoms with Crippen molar-refractivity contribution < 1.29 is 9.36 Å². The number of rotatable bonds is 14. The van der Waals surface area contributed by atoms with Gasteiger partial charge in [0.05, 0.1) is 0 Å². The van der Waals surface area contributed by atoms with Gasteiger partial charge in [0.2, 0.25) is 5.52 Å². The Balaban J connectivity index is 1.93. The molecule has 2 nitrogen and oxygen atoms in total. The fourth-order valence-corrected chi connectivity index (χ4v) is 8.84. The highest BCUT2D eigenvalue weighted by Gasteiger charge is 2.42. The van der Waals surface area contributed by atoms with Crippen LogP contribution in [0.25, 0.3) is 0 Å². The summed E-state index contributed by atoms with van der Waals surface area (Å²) >= 11 is 0. The predicted molar refractivity (Wildman–Crippen MR) is 132 cm³/mol. The molecule has 1 aliphatic rings. The van der Waals surface area contributed by atoms with Crippen LogP contribution in [0, 0.1) is 20.8 Å². The second-order valence-electron chi connectivity index (χ2n) is 9.72. The molecule has 1 fully saturated rings. The lowest BCUT2D eigenvalue weighted by Gasteiger charge is -2.25. The van der Waals surface area contributed by atoms with Crippen molar-refractivity contribution in [1.29, 1.82) is 0 Å². The summed E-state index contributed by atoms with van der Waals surface area (Å²) in [5.41, 5.74) is 4.04. The summed E-state index contributed by atoms with van der Waals surface area (Å²) in [6.45, 7) is 8.34. The molecule has 2 rings (SSSR count). The molecule has 0 N–H and O–H groups in total. The smallest absolute Gasteiger partial charge is 0.222 e. The van der Waals surface area contributed by atoms with E-state index >= 15 is 0 Å². The van der Waals surface area contributed by atoms with Crippen LogP contribution in [0.4, 0.5) is 0 Å². The molecule has 0 bridgehead atoms. The fourth-order valence-electron chi connectivity index (χ4n) is 5.31. The highest BCUT2D eigenvalue weighted by Crippen LogP contribution is 2.59. The molecule has 3 heteroatoms. The average molecular weight is 433 g/mol. The Kier molecular flexibility index (Phi) is 10.9. The normalized spacial score (nSPS) is 16.7. The molecule has 1 saturated carbocycles. The molecule has 1 aromatic carbocycles. The van der Waals surface area contributed by atoms with Crippen molar-refractivity contribution in [2.45, 2.75) is 123 Å². The van der Waals surface area contributed by atoms with Crippen LogP contribution in [0.3, 0.4) is 0 Å². The minimum absolute atomic E-state index is 0.0136. The Morgan fingerprint density at radius 2 is 1.30 bits per heavy atom. The van der Waals surface area contributed by atoms with Crippen molar-refractivity contribution in [2.24, 2.45) is 0 Å². The Bertz CT molecular complexity index is 693. The van der Waals surface area contributed by atoms with Crippen LogP contribution in [0.1, 0.15) is 124 Å². The molecule has 0 radical (unpaired) electrons. The van der Waals surface area contributed by atoms with Crippen LogP contribution in [0.2, 0.25) is 0 Å². The van der Waals surface area contributed by atoms with Crippen LogP contribution in [-0.2, 0) is 4.57 Å². The number of hydrogen-bond acceptors (Lipinski definition) is 2. The highest BCUT2D eigenvalue weighted by molar-refractivity contribution is 7.81. The van der Waals surface area contributed by atoms with Gasteiger partial charge in [-0.3, -0.25) is 4.79 Å². The maximum atomic E-state index is 14.2. The lowest BCUT2D eigenvalue weighted by atomic mass is 10.0. The van der Waals surface area contributed by atoms with E-state index in [9.17, 15) is 9.36 Å². The third kappa shape index (κ3) is 7.08. The summed E-state index contributed by atoms with van der Waals surface area (Å²) in [4.78, 5) is 13.6. The molecular weight excluding hydrogens is 387 g/mol. The molecule has 0 spiro atoms. The van der Waals surface area contributed by atoms with E-state index in [0.29, 0.717) is 6.16 Å². The van der Waals surface area contributed by atoms with Gasteiger partial charge in [0, 0.05) is 17.4 Å². The molecule has 0 amide bonds. The monoisotopic (exact) mass is 432 g/mol. The van der Waals surface area contributed by atoms with Crippen molar-refractivity contribution in [3.05, 3.63) is 34.4 Å². The van der Waals surface area contributed by atoms with Crippen molar-refractivity contribution in [3.63, 3.8) is 0 Å². The first-order valence-electron chi connectivity index (χ1n) is 12.6. The van der Waals surface area contributed by atoms with Crippen molar-refractivity contribution >= 4 is 12.7 Å². The number of benzene rings is 1. The lowest BCUT2D eigenvalue weighted by Crippen LogP contribution is -2.17. The van der Waals surface area contributed by atoms with Gasteiger partial charge in [-0.2, -0.15) is 0 Å². The summed E-state index contributed by atoms with van der Waals surface area (Å²) in [6.07, 6.45) is 17.5. The van der Waals surface area contributed by atoms with Crippen LogP contribution >= 0.6 is 7.14 Å². The van der Waals surface area contributed by atoms with Gasteiger partial charge in [-0.05, 0) is 51.2 Å². The number of unbranched alkanes of at least 4 members (excludes halogenated alkanes) is 9. The summed E-state index contributed by atoms with van der Waals surface area (Å²) in [5, 5.41) is 0. The fraction of sp³-hybridized carbons (Fsp3) is 0.741. The summed E-state index contributed by atoms with van der Waals surface area (Å²) < 4.78 is 14.2. The van der Waals surface area contributed by atoms with Gasteiger partial charge < -0.3 is 4.57 Å². The molecule has 30 heavy (non-hydrogen) atoms. The Hall–Kier alpha value is -0.880. The molecule has 1 aromatic rings. The molecule has 0 aromatic heterocycles. The number of hydrogen-bond donors (Lipinski definition) is 0. The van der Waals surface area contributed by atoms with Gasteiger partial charge in [0.15, 0.2) is 7.14 Å². The van der Waals surface area contributed by atoms with Gasteiger partial charge in [-0.25, -0.2) is 0 Å². The second kappa shape index (κ2) is 12.8. The molecule has 1 aliphatic carbocycles. The van der Waals surface area contributed by atoms with E-state index in [1.807, 2.05) is 13.8 Å². The van der Waals surface area contributed by atoms with E-state index in [-0.39, 0.29) is 11.2 Å². The standard InChI is InChI=1S/C27H45O2P/c1-5-6-7-8-9-10-11-12-13-16-19-30(29,25-17-14-15-18-25)27(28)26-23(3)20-22(2)21-24(26)4/h20-21,25H,5-19H2,1-4H3. The quantitative estimate of drug-likeness (QED) is 0.217. The van der Waals surface area contributed by atoms with Crippen molar-refractivity contribution in [2.75, 3.05) is 6.16 Å². The number of aryl methyl sites for hydroxylation is 3. The zero-order chi connectivity index (χ0) is 22.0. The van der Waals surface area contributed by atoms with E-state index in [1.54, 1.807) is 0 Å². The molecule has 1 unspecified atom stereocenters. The van der Waals surface area contributed by atoms with Gasteiger partial charge >= 0.3 is 0 Å². The highest BCUT2D eigenvalue weighted by atomic mass is 31.2. The summed E-state index contributed by atoms with van der Waals surface area (Å²) in [5.74, 6) is 0. The van der Waals surface area contributed by atoms with E-state index in [2.05, 4.69) is 26.0 Å². The molecular formula is C27H45O2P. The zero-order valence-electron chi connectivity index (χ0n) is 20.1. The topological polar surface area (TPSA) is 34.1 Å². The van der Waals surface area contributed by atoms with E-state index in [1.165, 1.54) is 56.9 Å². The first-order chi connectivity index (χ1) is 14.4. The van der Waals surface area contributed by atoms with Crippen LogP contribution in [0.15, 0.2) is 12.1 Å². The maximum Gasteiger partial charge on any atom is 0.222 e. The third-order valence-corrected chi connectivity index (χ3v) is 10.6. The van der Waals surface area contributed by atoms with Gasteiger partial charge in [-0.1, -0.05) is 95.2 Å². The molecule has 170 valence electrons. The van der Waals surface area contributed by atoms with Crippen LogP contribution in [0.5, 0.6) is 0 Å². The van der Waals surface area contributed by atoms with Gasteiger partial charge in [0.1, 0.15) is 0 Å². The molecule has 0 saturated heterocycles. The first-order valence-corrected chi connectivity index (χ1v) is 14.6. The first kappa shape index (κ1) is 25.4. The number of carbonyl (C=O) groups excluding carboxylic acids is 1. The Labute approximate surface area is 186 Å². The minimum atomic E-state index is -2.86. The zero-order valence-corrected chi connectivity index (χ0v) is 21.0.